The van der Waals surface area contributed by atoms with Gasteiger partial charge in [0.15, 0.2) is 0 Å². The van der Waals surface area contributed by atoms with Crippen LogP contribution in [0.3, 0.4) is 0 Å². The van der Waals surface area contributed by atoms with Crippen LogP contribution in [0.15, 0.2) is 66.7 Å². The Balaban J connectivity index is 1.40. The van der Waals surface area contributed by atoms with Gasteiger partial charge >= 0.3 is 5.97 Å². The van der Waals surface area contributed by atoms with Crippen molar-refractivity contribution in [2.24, 2.45) is 11.8 Å². The lowest BCUT2D eigenvalue weighted by Gasteiger charge is -2.36. The molecule has 0 spiro atoms. The van der Waals surface area contributed by atoms with E-state index in [0.29, 0.717) is 38.6 Å². The van der Waals surface area contributed by atoms with E-state index in [9.17, 15) is 19.5 Å². The number of fused-ring (bicyclic) bond motifs is 1. The van der Waals surface area contributed by atoms with Crippen molar-refractivity contribution in [1.82, 2.24) is 10.2 Å². The summed E-state index contributed by atoms with van der Waals surface area (Å²) in [7, 11) is 0. The topological polar surface area (TPSA) is 95.9 Å². The van der Waals surface area contributed by atoms with Crippen LogP contribution in [0.25, 0.3) is 0 Å². The number of nitrogens with one attached hydrogen (secondary N) is 1. The van der Waals surface area contributed by atoms with Gasteiger partial charge < -0.3 is 20.1 Å². The summed E-state index contributed by atoms with van der Waals surface area (Å²) in [4.78, 5) is 40.7. The summed E-state index contributed by atoms with van der Waals surface area (Å²) in [6, 6.07) is 17.5. The van der Waals surface area contributed by atoms with Crippen molar-refractivity contribution in [3.63, 3.8) is 0 Å². The normalized spacial score (nSPS) is 23.1. The second kappa shape index (κ2) is 13.2. The lowest BCUT2D eigenvalue weighted by atomic mass is 9.92. The summed E-state index contributed by atoms with van der Waals surface area (Å²) in [6.45, 7) is 0.613. The molecule has 3 atom stereocenters. The molecule has 2 aromatic carbocycles. The molecule has 0 fully saturated rings. The minimum absolute atomic E-state index is 0.0608. The van der Waals surface area contributed by atoms with Crippen molar-refractivity contribution in [2.45, 2.75) is 51.1 Å². The van der Waals surface area contributed by atoms with E-state index in [-0.39, 0.29) is 55.9 Å². The van der Waals surface area contributed by atoms with Crippen molar-refractivity contribution >= 4 is 17.8 Å². The van der Waals surface area contributed by atoms with Gasteiger partial charge in [-0.15, -0.1) is 0 Å². The van der Waals surface area contributed by atoms with Gasteiger partial charge in [0, 0.05) is 13.0 Å². The number of esters is 1. The maximum absolute atomic E-state index is 13.3. The molecular formula is C30H36N2O5. The van der Waals surface area contributed by atoms with Gasteiger partial charge in [0.2, 0.25) is 11.8 Å². The number of ether oxygens (including phenoxy) is 1. The molecule has 37 heavy (non-hydrogen) atoms. The molecule has 0 aromatic heterocycles. The highest BCUT2D eigenvalue weighted by Crippen LogP contribution is 2.25. The number of cyclic esters (lactones) is 1. The summed E-state index contributed by atoms with van der Waals surface area (Å²) in [5.74, 6) is -1.40. The number of hydrogen-bond acceptors (Lipinski definition) is 5. The van der Waals surface area contributed by atoms with Gasteiger partial charge in [-0.25, -0.2) is 0 Å². The highest BCUT2D eigenvalue weighted by Gasteiger charge is 2.32. The molecule has 7 nitrogen and oxygen atoms in total. The second-order valence-corrected chi connectivity index (χ2v) is 9.86. The van der Waals surface area contributed by atoms with Crippen LogP contribution in [-0.2, 0) is 38.5 Å². The molecule has 0 bridgehead atoms. The van der Waals surface area contributed by atoms with E-state index in [1.54, 1.807) is 4.90 Å². The van der Waals surface area contributed by atoms with Crippen LogP contribution in [-0.4, -0.2) is 53.6 Å². The van der Waals surface area contributed by atoms with Crippen LogP contribution < -0.4 is 5.32 Å². The Morgan fingerprint density at radius 2 is 1.76 bits per heavy atom. The van der Waals surface area contributed by atoms with Crippen LogP contribution in [0.2, 0.25) is 0 Å². The summed E-state index contributed by atoms with van der Waals surface area (Å²) in [5.41, 5.74) is 3.31. The third-order valence-electron chi connectivity index (χ3n) is 7.25. The zero-order chi connectivity index (χ0) is 26.0. The van der Waals surface area contributed by atoms with Crippen LogP contribution in [0.5, 0.6) is 0 Å². The first-order valence-corrected chi connectivity index (χ1v) is 13.2. The van der Waals surface area contributed by atoms with Gasteiger partial charge in [-0.2, -0.15) is 0 Å². The first-order chi connectivity index (χ1) is 18.0. The predicted molar refractivity (Wildman–Crippen MR) is 140 cm³/mol. The summed E-state index contributed by atoms with van der Waals surface area (Å²) >= 11 is 0. The second-order valence-electron chi connectivity index (χ2n) is 9.86. The molecule has 0 aliphatic carbocycles. The van der Waals surface area contributed by atoms with Crippen molar-refractivity contribution in [2.75, 3.05) is 19.8 Å². The highest BCUT2D eigenvalue weighted by atomic mass is 16.5. The van der Waals surface area contributed by atoms with E-state index in [2.05, 4.69) is 5.32 Å². The monoisotopic (exact) mass is 504 g/mol. The standard InChI is InChI=1S/C30H36N2O5/c33-21-27-18-23-11-7-8-14-26(23)20-32(27)28(34)19-24-12-5-2-6-13-25(17-22-9-3-1-4-10-22)30(36)37-16-15-31-29(24)35/h1-5,7-11,14,24-25,27,33H,6,12-13,15-21H2,(H,31,35). The number of carbonyl (C=O) groups is 3. The molecule has 4 rings (SSSR count). The molecule has 0 saturated carbocycles. The fourth-order valence-electron chi connectivity index (χ4n) is 5.12. The van der Waals surface area contributed by atoms with Crippen molar-refractivity contribution in [1.29, 1.82) is 0 Å². The van der Waals surface area contributed by atoms with E-state index >= 15 is 0 Å². The van der Waals surface area contributed by atoms with Crippen LogP contribution in [0, 0.1) is 11.8 Å². The molecule has 0 radical (unpaired) electrons. The molecular weight excluding hydrogens is 468 g/mol. The van der Waals surface area contributed by atoms with Crippen molar-refractivity contribution < 1.29 is 24.2 Å². The van der Waals surface area contributed by atoms with Gasteiger partial charge in [0.25, 0.3) is 0 Å². The molecule has 3 unspecified atom stereocenters. The van der Waals surface area contributed by atoms with Gasteiger partial charge in [-0.05, 0) is 48.8 Å². The first-order valence-electron chi connectivity index (χ1n) is 13.2. The van der Waals surface area contributed by atoms with Crippen molar-refractivity contribution in [3.05, 3.63) is 83.4 Å². The average molecular weight is 505 g/mol. The first kappa shape index (κ1) is 26.6. The molecule has 0 saturated heterocycles. The zero-order valence-corrected chi connectivity index (χ0v) is 21.2. The van der Waals surface area contributed by atoms with Crippen LogP contribution in [0.4, 0.5) is 0 Å². The molecule has 196 valence electrons. The van der Waals surface area contributed by atoms with E-state index in [1.165, 1.54) is 0 Å². The fourth-order valence-corrected chi connectivity index (χ4v) is 5.12. The Bertz CT molecular complexity index is 1100. The number of nitrogens with zero attached hydrogens (tertiary/aromatic N) is 1. The molecule has 2 heterocycles. The van der Waals surface area contributed by atoms with Gasteiger partial charge in [-0.1, -0.05) is 66.7 Å². The average Bonchev–Trinajstić information content (AvgIpc) is 2.93. The molecule has 2 N–H and O–H groups in total. The maximum atomic E-state index is 13.3. The van der Waals surface area contributed by atoms with Gasteiger partial charge in [0.05, 0.1) is 31.0 Å². The largest absolute Gasteiger partial charge is 0.464 e. The molecule has 2 aliphatic rings. The maximum Gasteiger partial charge on any atom is 0.309 e. The Morgan fingerprint density at radius 3 is 2.54 bits per heavy atom. The number of carbonyl (C=O) groups excluding carboxylic acids is 3. The minimum Gasteiger partial charge on any atom is -0.464 e. The summed E-state index contributed by atoms with van der Waals surface area (Å²) < 4.78 is 5.48. The number of benzene rings is 2. The Kier molecular flexibility index (Phi) is 9.49. The summed E-state index contributed by atoms with van der Waals surface area (Å²) in [6.07, 6.45) is 6.98. The third kappa shape index (κ3) is 7.29. The predicted octanol–water partition coefficient (Wildman–Crippen LogP) is 3.20. The highest BCUT2D eigenvalue weighted by molar-refractivity contribution is 5.86. The van der Waals surface area contributed by atoms with Crippen molar-refractivity contribution in [3.8, 4) is 0 Å². The van der Waals surface area contributed by atoms with E-state index in [4.69, 9.17) is 4.74 Å². The van der Waals surface area contributed by atoms with Crippen LogP contribution >= 0.6 is 0 Å². The molecule has 2 amide bonds. The van der Waals surface area contributed by atoms with Gasteiger partial charge in [0.1, 0.15) is 6.61 Å². The SMILES string of the molecule is O=C1NCCOC(=O)C(Cc2ccccc2)CCC=CCC1CC(=O)N1Cc2ccccc2CC1CO. The van der Waals surface area contributed by atoms with E-state index in [0.717, 1.165) is 16.7 Å². The Labute approximate surface area is 218 Å². The Morgan fingerprint density at radius 1 is 1.00 bits per heavy atom. The number of allylic oxidation sites excluding steroid dienone is 2. The van der Waals surface area contributed by atoms with Crippen LogP contribution in [0.1, 0.15) is 42.4 Å². The summed E-state index contributed by atoms with van der Waals surface area (Å²) in [5, 5.41) is 12.8. The zero-order valence-electron chi connectivity index (χ0n) is 21.2. The molecule has 2 aromatic rings. The molecule has 7 heteroatoms. The Hall–Kier alpha value is -3.45. The van der Waals surface area contributed by atoms with E-state index < -0.39 is 5.92 Å². The number of amides is 2. The smallest absolute Gasteiger partial charge is 0.309 e. The lowest BCUT2D eigenvalue weighted by molar-refractivity contribution is -0.149. The number of aliphatic hydroxyl groups excluding tert-OH is 1. The van der Waals surface area contributed by atoms with E-state index in [1.807, 2.05) is 66.7 Å². The lowest BCUT2D eigenvalue weighted by Crippen LogP contribution is -2.47. The molecule has 2 aliphatic heterocycles. The number of hydrogen-bond donors (Lipinski definition) is 2. The number of rotatable bonds is 5. The number of aliphatic hydroxyl groups is 1. The third-order valence-corrected chi connectivity index (χ3v) is 7.25. The minimum atomic E-state index is -0.531. The fraction of sp³-hybridized carbons (Fsp3) is 0.433. The van der Waals surface area contributed by atoms with Gasteiger partial charge in [-0.3, -0.25) is 14.4 Å². The quantitative estimate of drug-likeness (QED) is 0.482.